The third kappa shape index (κ3) is 5.85. The third-order valence-electron chi connectivity index (χ3n) is 3.28. The minimum absolute atomic E-state index is 0.156. The van der Waals surface area contributed by atoms with Crippen molar-refractivity contribution in [2.75, 3.05) is 13.2 Å². The standard InChI is InChI=1S/C19H24N2O2/c1-15(2)20-13-18(22)14-23-21-19(16-9-5-3-6-10-16)17-11-7-4-8-12-17/h3-12,15,18,20,22H,13-14H2,1-2H3. The van der Waals surface area contributed by atoms with Crippen LogP contribution in [0, 0.1) is 0 Å². The van der Waals surface area contributed by atoms with E-state index in [9.17, 15) is 5.11 Å². The monoisotopic (exact) mass is 312 g/mol. The lowest BCUT2D eigenvalue weighted by molar-refractivity contribution is 0.0396. The summed E-state index contributed by atoms with van der Waals surface area (Å²) in [4.78, 5) is 5.40. The van der Waals surface area contributed by atoms with E-state index in [-0.39, 0.29) is 6.61 Å². The van der Waals surface area contributed by atoms with Crippen LogP contribution in [0.5, 0.6) is 0 Å². The van der Waals surface area contributed by atoms with Gasteiger partial charge in [-0.05, 0) is 0 Å². The van der Waals surface area contributed by atoms with Gasteiger partial charge in [-0.3, -0.25) is 0 Å². The smallest absolute Gasteiger partial charge is 0.144 e. The molecule has 0 heterocycles. The van der Waals surface area contributed by atoms with Crippen LogP contribution in [0.4, 0.5) is 0 Å². The zero-order chi connectivity index (χ0) is 16.5. The zero-order valence-corrected chi connectivity index (χ0v) is 13.6. The van der Waals surface area contributed by atoms with Crippen molar-refractivity contribution in [1.29, 1.82) is 0 Å². The fourth-order valence-electron chi connectivity index (χ4n) is 2.08. The predicted octanol–water partition coefficient (Wildman–Crippen LogP) is 2.81. The van der Waals surface area contributed by atoms with Crippen LogP contribution >= 0.6 is 0 Å². The molecule has 2 aromatic rings. The number of hydrogen-bond acceptors (Lipinski definition) is 4. The van der Waals surface area contributed by atoms with Crippen molar-refractivity contribution >= 4 is 5.71 Å². The van der Waals surface area contributed by atoms with Gasteiger partial charge in [0, 0.05) is 23.7 Å². The number of benzene rings is 2. The lowest BCUT2D eigenvalue weighted by Gasteiger charge is -2.13. The number of aliphatic hydroxyl groups excluding tert-OH is 1. The van der Waals surface area contributed by atoms with Crippen LogP contribution in [0.3, 0.4) is 0 Å². The van der Waals surface area contributed by atoms with Gasteiger partial charge in [0.15, 0.2) is 0 Å². The quantitative estimate of drug-likeness (QED) is 0.582. The average molecular weight is 312 g/mol. The number of hydrogen-bond donors (Lipinski definition) is 2. The second-order valence-electron chi connectivity index (χ2n) is 5.68. The minimum atomic E-state index is -0.589. The van der Waals surface area contributed by atoms with Crippen molar-refractivity contribution in [2.24, 2.45) is 5.16 Å². The fraction of sp³-hybridized carbons (Fsp3) is 0.316. The van der Waals surface area contributed by atoms with E-state index in [0.29, 0.717) is 12.6 Å². The molecule has 1 unspecified atom stereocenters. The number of nitrogens with one attached hydrogen (secondary N) is 1. The summed E-state index contributed by atoms with van der Waals surface area (Å²) >= 11 is 0. The molecule has 0 aromatic heterocycles. The van der Waals surface area contributed by atoms with Crippen molar-refractivity contribution in [3.05, 3.63) is 71.8 Å². The summed E-state index contributed by atoms with van der Waals surface area (Å²) in [5, 5.41) is 17.3. The molecule has 0 spiro atoms. The van der Waals surface area contributed by atoms with Crippen LogP contribution in [0.25, 0.3) is 0 Å². The predicted molar refractivity (Wildman–Crippen MR) is 93.6 cm³/mol. The lowest BCUT2D eigenvalue weighted by Crippen LogP contribution is -2.34. The van der Waals surface area contributed by atoms with E-state index in [1.165, 1.54) is 0 Å². The van der Waals surface area contributed by atoms with Crippen molar-refractivity contribution in [3.63, 3.8) is 0 Å². The van der Waals surface area contributed by atoms with E-state index in [2.05, 4.69) is 10.5 Å². The summed E-state index contributed by atoms with van der Waals surface area (Å²) < 4.78 is 0. The molecule has 0 radical (unpaired) electrons. The maximum Gasteiger partial charge on any atom is 0.144 e. The van der Waals surface area contributed by atoms with Crippen LogP contribution in [0.2, 0.25) is 0 Å². The van der Waals surface area contributed by atoms with Gasteiger partial charge in [-0.15, -0.1) is 0 Å². The number of aliphatic hydroxyl groups is 1. The first-order valence-electron chi connectivity index (χ1n) is 7.89. The van der Waals surface area contributed by atoms with E-state index >= 15 is 0 Å². The molecule has 1 atom stereocenters. The van der Waals surface area contributed by atoms with Crippen LogP contribution in [0.15, 0.2) is 65.8 Å². The first kappa shape index (κ1) is 17.2. The molecule has 0 aliphatic rings. The normalized spacial score (nSPS) is 12.0. The van der Waals surface area contributed by atoms with Crippen LogP contribution in [0.1, 0.15) is 25.0 Å². The van der Waals surface area contributed by atoms with Crippen LogP contribution < -0.4 is 5.32 Å². The highest BCUT2D eigenvalue weighted by atomic mass is 16.6. The maximum absolute atomic E-state index is 9.90. The van der Waals surface area contributed by atoms with Crippen molar-refractivity contribution < 1.29 is 9.94 Å². The van der Waals surface area contributed by atoms with Gasteiger partial charge >= 0.3 is 0 Å². The molecule has 2 rings (SSSR count). The van der Waals surface area contributed by atoms with Gasteiger partial charge in [-0.25, -0.2) is 0 Å². The van der Waals surface area contributed by atoms with E-state index in [1.54, 1.807) is 0 Å². The summed E-state index contributed by atoms with van der Waals surface area (Å²) in [7, 11) is 0. The summed E-state index contributed by atoms with van der Waals surface area (Å²) in [5.74, 6) is 0. The Balaban J connectivity index is 2.06. The van der Waals surface area contributed by atoms with Gasteiger partial charge in [-0.1, -0.05) is 79.7 Å². The van der Waals surface area contributed by atoms with Crippen LogP contribution in [-0.2, 0) is 4.84 Å². The highest BCUT2D eigenvalue weighted by molar-refractivity contribution is 6.12. The second kappa shape index (κ2) is 9.08. The third-order valence-corrected chi connectivity index (χ3v) is 3.28. The van der Waals surface area contributed by atoms with Crippen molar-refractivity contribution in [2.45, 2.75) is 26.0 Å². The molecule has 0 bridgehead atoms. The summed E-state index contributed by atoms with van der Waals surface area (Å²) in [5.41, 5.74) is 2.72. The Kier molecular flexibility index (Phi) is 6.78. The molecule has 0 aliphatic heterocycles. The molecule has 0 saturated carbocycles. The highest BCUT2D eigenvalue weighted by Crippen LogP contribution is 2.11. The molecule has 2 aromatic carbocycles. The topological polar surface area (TPSA) is 53.8 Å². The number of oxime groups is 1. The molecule has 0 saturated heterocycles. The molecular weight excluding hydrogens is 288 g/mol. The molecule has 23 heavy (non-hydrogen) atoms. The zero-order valence-electron chi connectivity index (χ0n) is 13.6. The van der Waals surface area contributed by atoms with Gasteiger partial charge in [0.05, 0.1) is 0 Å². The van der Waals surface area contributed by atoms with Crippen LogP contribution in [-0.4, -0.2) is 36.1 Å². The Labute approximate surface area is 137 Å². The maximum atomic E-state index is 9.90. The fourth-order valence-corrected chi connectivity index (χ4v) is 2.08. The van der Waals surface area contributed by atoms with E-state index in [1.807, 2.05) is 74.5 Å². The van der Waals surface area contributed by atoms with Gasteiger partial charge in [0.25, 0.3) is 0 Å². The summed E-state index contributed by atoms with van der Waals surface area (Å²) in [6, 6.07) is 20.1. The Hall–Kier alpha value is -2.17. The molecule has 0 fully saturated rings. The molecular formula is C19H24N2O2. The summed E-state index contributed by atoms with van der Waals surface area (Å²) in [6.07, 6.45) is -0.589. The molecule has 4 heteroatoms. The molecule has 2 N–H and O–H groups in total. The summed E-state index contributed by atoms with van der Waals surface area (Å²) in [6.45, 7) is 4.71. The SMILES string of the molecule is CC(C)NCC(O)CON=C(c1ccccc1)c1ccccc1. The Morgan fingerprint density at radius 3 is 2.00 bits per heavy atom. The largest absolute Gasteiger partial charge is 0.392 e. The first-order valence-corrected chi connectivity index (χ1v) is 7.89. The van der Waals surface area contributed by atoms with Gasteiger partial charge in [-0.2, -0.15) is 0 Å². The molecule has 4 nitrogen and oxygen atoms in total. The Bertz CT molecular complexity index is 556. The molecule has 0 aliphatic carbocycles. The van der Waals surface area contributed by atoms with Gasteiger partial charge in [0.2, 0.25) is 0 Å². The minimum Gasteiger partial charge on any atom is -0.392 e. The van der Waals surface area contributed by atoms with E-state index < -0.39 is 6.10 Å². The molecule has 0 amide bonds. The number of nitrogens with zero attached hydrogens (tertiary/aromatic N) is 1. The average Bonchev–Trinajstić information content (AvgIpc) is 2.58. The Morgan fingerprint density at radius 1 is 1.00 bits per heavy atom. The first-order chi connectivity index (χ1) is 11.2. The van der Waals surface area contributed by atoms with Crippen molar-refractivity contribution in [1.82, 2.24) is 5.32 Å². The molecule has 122 valence electrons. The van der Waals surface area contributed by atoms with E-state index in [0.717, 1.165) is 16.8 Å². The second-order valence-corrected chi connectivity index (χ2v) is 5.68. The number of rotatable bonds is 8. The highest BCUT2D eigenvalue weighted by Gasteiger charge is 2.09. The van der Waals surface area contributed by atoms with Crippen molar-refractivity contribution in [3.8, 4) is 0 Å². The van der Waals surface area contributed by atoms with E-state index in [4.69, 9.17) is 4.84 Å². The van der Waals surface area contributed by atoms with Gasteiger partial charge < -0.3 is 15.3 Å². The Morgan fingerprint density at radius 2 is 1.52 bits per heavy atom. The lowest BCUT2D eigenvalue weighted by atomic mass is 10.0. The van der Waals surface area contributed by atoms with Gasteiger partial charge in [0.1, 0.15) is 18.4 Å².